The summed E-state index contributed by atoms with van der Waals surface area (Å²) in [5.41, 5.74) is 0.983. The zero-order valence-electron chi connectivity index (χ0n) is 17.9. The number of nitrogens with one attached hydrogen (secondary N) is 2. The maximum Gasteiger partial charge on any atom is 0.283 e. The number of aromatic nitrogens is 3. The topological polar surface area (TPSA) is 88.9 Å². The van der Waals surface area contributed by atoms with Gasteiger partial charge in [-0.05, 0) is 58.0 Å². The van der Waals surface area contributed by atoms with Gasteiger partial charge in [0, 0.05) is 24.3 Å². The molecule has 2 N–H and O–H groups in total. The Morgan fingerprint density at radius 2 is 2.13 bits per heavy atom. The van der Waals surface area contributed by atoms with Gasteiger partial charge in [0.1, 0.15) is 16.8 Å². The van der Waals surface area contributed by atoms with Gasteiger partial charge < -0.3 is 10.6 Å². The lowest BCUT2D eigenvalue weighted by Gasteiger charge is -2.62. The average Bonchev–Trinajstić information content (AvgIpc) is 2.73. The number of rotatable bonds is 6. The van der Waals surface area contributed by atoms with Crippen molar-refractivity contribution in [3.8, 4) is 0 Å². The number of halogens is 2. The van der Waals surface area contributed by atoms with Gasteiger partial charge in [-0.25, -0.2) is 9.07 Å². The van der Waals surface area contributed by atoms with Crippen LogP contribution in [0.1, 0.15) is 39.2 Å². The third-order valence-electron chi connectivity index (χ3n) is 7.31. The first-order valence-corrected chi connectivity index (χ1v) is 11.3. The molecule has 0 saturated heterocycles. The lowest BCUT2D eigenvalue weighted by atomic mass is 9.45. The predicted molar refractivity (Wildman–Crippen MR) is 119 cm³/mol. The Morgan fingerprint density at radius 1 is 1.35 bits per heavy atom. The van der Waals surface area contributed by atoms with Crippen LogP contribution in [0.25, 0.3) is 0 Å². The molecule has 0 spiro atoms. The van der Waals surface area contributed by atoms with Crippen LogP contribution in [-0.4, -0.2) is 26.7 Å². The number of anilines is 1. The molecule has 3 aliphatic carbocycles. The van der Waals surface area contributed by atoms with E-state index in [1.54, 1.807) is 6.20 Å². The summed E-state index contributed by atoms with van der Waals surface area (Å²) in [7, 11) is 0. The van der Waals surface area contributed by atoms with Gasteiger partial charge in [0.05, 0.1) is 18.1 Å². The van der Waals surface area contributed by atoms with Crippen LogP contribution in [0.4, 0.5) is 10.1 Å². The molecule has 5 rings (SSSR count). The lowest BCUT2D eigenvalue weighted by molar-refractivity contribution is -0.122. The minimum absolute atomic E-state index is 0.0149. The van der Waals surface area contributed by atoms with Crippen molar-refractivity contribution in [2.45, 2.75) is 52.7 Å². The molecule has 4 atom stereocenters. The third-order valence-corrected chi connectivity index (χ3v) is 8.07. The summed E-state index contributed by atoms with van der Waals surface area (Å²) >= 11 is 3.38. The monoisotopic (exact) mass is 491 g/mol. The van der Waals surface area contributed by atoms with Crippen LogP contribution in [0.2, 0.25) is 0 Å². The zero-order valence-corrected chi connectivity index (χ0v) is 19.4. The van der Waals surface area contributed by atoms with E-state index in [1.807, 2.05) is 0 Å². The number of carbonyl (C=O) groups excluding carboxylic acids is 1. The zero-order chi connectivity index (χ0) is 22.3. The summed E-state index contributed by atoms with van der Waals surface area (Å²) in [6, 6.07) is 1.79. The van der Waals surface area contributed by atoms with Gasteiger partial charge in [0.25, 0.3) is 5.56 Å². The lowest BCUT2D eigenvalue weighted by Crippen LogP contribution is -2.58. The molecule has 166 valence electrons. The minimum atomic E-state index is -0.491. The van der Waals surface area contributed by atoms with Crippen molar-refractivity contribution >= 4 is 27.5 Å². The van der Waals surface area contributed by atoms with Crippen molar-refractivity contribution in [3.05, 3.63) is 50.9 Å². The van der Waals surface area contributed by atoms with Crippen molar-refractivity contribution in [1.82, 2.24) is 20.1 Å². The maximum atomic E-state index is 13.6. The van der Waals surface area contributed by atoms with Gasteiger partial charge in [-0.15, -0.1) is 0 Å². The predicted octanol–water partition coefficient (Wildman–Crippen LogP) is 3.34. The van der Waals surface area contributed by atoms with Gasteiger partial charge in [0.15, 0.2) is 0 Å². The third kappa shape index (κ3) is 4.12. The van der Waals surface area contributed by atoms with E-state index in [-0.39, 0.29) is 18.6 Å². The van der Waals surface area contributed by atoms with E-state index < -0.39 is 11.7 Å². The van der Waals surface area contributed by atoms with Crippen molar-refractivity contribution in [2.24, 2.45) is 23.2 Å². The Balaban J connectivity index is 1.39. The molecule has 2 aromatic heterocycles. The van der Waals surface area contributed by atoms with Crippen LogP contribution < -0.4 is 16.2 Å². The van der Waals surface area contributed by atoms with E-state index in [4.69, 9.17) is 0 Å². The Kier molecular flexibility index (Phi) is 5.89. The van der Waals surface area contributed by atoms with Crippen LogP contribution in [0.5, 0.6) is 0 Å². The summed E-state index contributed by atoms with van der Waals surface area (Å²) in [4.78, 5) is 28.6. The number of hydrogen-bond donors (Lipinski definition) is 2. The molecule has 0 unspecified atom stereocenters. The first kappa shape index (κ1) is 21.9. The van der Waals surface area contributed by atoms with Crippen LogP contribution in [0, 0.1) is 29.0 Å². The second-order valence-corrected chi connectivity index (χ2v) is 10.1. The number of fused-ring (bicyclic) bond motifs is 2. The molecule has 31 heavy (non-hydrogen) atoms. The first-order chi connectivity index (χ1) is 14.7. The fourth-order valence-electron chi connectivity index (χ4n) is 5.15. The first-order valence-electron chi connectivity index (χ1n) is 10.6. The standard InChI is InChI=1S/C22H27BrFN5O2/c1-12-15-6-14(22(15,2)3)7-17(12)28-18-10-27-29(21(31)20(18)23)11-19(30)26-8-13-4-5-25-9-16(13)24/h4-5,9-10,12,14-15,17,28H,6-8,11H2,1-3H3,(H,26,30)/t12-,14+,15-,17-/m1/s1. The number of pyridine rings is 1. The molecule has 7 nitrogen and oxygen atoms in total. The van der Waals surface area contributed by atoms with Crippen LogP contribution >= 0.6 is 15.9 Å². The quantitative estimate of drug-likeness (QED) is 0.646. The largest absolute Gasteiger partial charge is 0.380 e. The second-order valence-electron chi connectivity index (χ2n) is 9.28. The van der Waals surface area contributed by atoms with Crippen molar-refractivity contribution in [2.75, 3.05) is 5.32 Å². The van der Waals surface area contributed by atoms with Crippen molar-refractivity contribution in [1.29, 1.82) is 0 Å². The molecule has 3 aliphatic rings. The van der Waals surface area contributed by atoms with Gasteiger partial charge in [-0.1, -0.05) is 20.8 Å². The van der Waals surface area contributed by atoms with Crippen LogP contribution in [-0.2, 0) is 17.9 Å². The summed E-state index contributed by atoms with van der Waals surface area (Å²) in [6.45, 7) is 6.75. The highest BCUT2D eigenvalue weighted by atomic mass is 79.9. The Labute approximate surface area is 189 Å². The smallest absolute Gasteiger partial charge is 0.283 e. The molecule has 2 bridgehead atoms. The summed E-state index contributed by atoms with van der Waals surface area (Å²) in [5, 5.41) is 10.3. The van der Waals surface area contributed by atoms with E-state index in [2.05, 4.69) is 57.4 Å². The van der Waals surface area contributed by atoms with E-state index in [0.717, 1.165) is 17.3 Å². The van der Waals surface area contributed by atoms with Crippen LogP contribution in [0.3, 0.4) is 0 Å². The molecule has 2 heterocycles. The normalized spacial score (nSPS) is 26.1. The van der Waals surface area contributed by atoms with Crippen LogP contribution in [0.15, 0.2) is 33.9 Å². The second kappa shape index (κ2) is 8.33. The van der Waals surface area contributed by atoms with Gasteiger partial charge in [0.2, 0.25) is 5.91 Å². The molecule has 0 aromatic carbocycles. The SMILES string of the molecule is C[C@@H]1[C@H]2C[C@@H](C[C@H]1Nc1cnn(CC(=O)NCc3ccncc3F)c(=O)c1Br)C2(C)C. The average molecular weight is 492 g/mol. The highest BCUT2D eigenvalue weighted by molar-refractivity contribution is 9.10. The molecule has 2 aromatic rings. The Bertz CT molecular complexity index is 1060. The molecule has 3 saturated carbocycles. The Hall–Kier alpha value is -2.29. The highest BCUT2D eigenvalue weighted by Gasteiger charge is 2.56. The van der Waals surface area contributed by atoms with E-state index in [1.165, 1.54) is 18.7 Å². The molecule has 0 radical (unpaired) electrons. The maximum absolute atomic E-state index is 13.6. The van der Waals surface area contributed by atoms with Gasteiger partial charge in [-0.3, -0.25) is 14.6 Å². The number of nitrogens with zero attached hydrogens (tertiary/aromatic N) is 3. The molecule has 9 heteroatoms. The van der Waals surface area contributed by atoms with Crippen molar-refractivity contribution < 1.29 is 9.18 Å². The fourth-order valence-corrected chi connectivity index (χ4v) is 5.57. The molecule has 1 amide bonds. The van der Waals surface area contributed by atoms with E-state index in [9.17, 15) is 14.0 Å². The van der Waals surface area contributed by atoms with E-state index >= 15 is 0 Å². The highest BCUT2D eigenvalue weighted by Crippen LogP contribution is 2.61. The number of carbonyl (C=O) groups is 1. The molecule has 0 aliphatic heterocycles. The van der Waals surface area contributed by atoms with Gasteiger partial charge >= 0.3 is 0 Å². The van der Waals surface area contributed by atoms with Gasteiger partial charge in [-0.2, -0.15) is 5.10 Å². The van der Waals surface area contributed by atoms with Crippen molar-refractivity contribution in [3.63, 3.8) is 0 Å². The summed E-state index contributed by atoms with van der Waals surface area (Å²) in [6.07, 6.45) is 6.49. The van der Waals surface area contributed by atoms with E-state index in [0.29, 0.717) is 44.9 Å². The summed E-state index contributed by atoms with van der Waals surface area (Å²) < 4.78 is 15.1. The summed E-state index contributed by atoms with van der Waals surface area (Å²) in [5.74, 6) is 0.974. The number of hydrogen-bond acceptors (Lipinski definition) is 5. The molecular formula is C22H27BrFN5O2. The minimum Gasteiger partial charge on any atom is -0.380 e. The molecule has 3 fully saturated rings. The fraction of sp³-hybridized carbons (Fsp3) is 0.545. The Morgan fingerprint density at radius 3 is 2.81 bits per heavy atom. The number of amides is 1. The molecular weight excluding hydrogens is 465 g/mol.